The van der Waals surface area contributed by atoms with Gasteiger partial charge in [-0.3, -0.25) is 4.79 Å². The summed E-state index contributed by atoms with van der Waals surface area (Å²) in [6.45, 7) is 3.04. The highest BCUT2D eigenvalue weighted by Crippen LogP contribution is 2.32. The number of rotatable bonds is 5. The minimum absolute atomic E-state index is 0.135. The first-order valence-corrected chi connectivity index (χ1v) is 7.72. The molecule has 0 aromatic heterocycles. The van der Waals surface area contributed by atoms with E-state index in [2.05, 4.69) is 0 Å². The summed E-state index contributed by atoms with van der Waals surface area (Å²) in [5, 5.41) is 0. The molecule has 0 amide bonds. The van der Waals surface area contributed by atoms with Crippen LogP contribution in [0.4, 0.5) is 0 Å². The Bertz CT molecular complexity index is 302. The molecule has 0 radical (unpaired) electrons. The lowest BCUT2D eigenvalue weighted by atomic mass is 9.90. The number of esters is 1. The number of hydrogen-bond acceptors (Lipinski definition) is 4. The van der Waals surface area contributed by atoms with E-state index in [9.17, 15) is 4.79 Å². The van der Waals surface area contributed by atoms with Gasteiger partial charge in [0.25, 0.3) is 0 Å². The fourth-order valence-electron chi connectivity index (χ4n) is 3.26. The minimum Gasteiger partial charge on any atom is -0.465 e. The third-order valence-electron chi connectivity index (χ3n) is 4.48. The maximum atomic E-state index is 11.8. The molecule has 110 valence electrons. The van der Waals surface area contributed by atoms with E-state index >= 15 is 0 Å². The minimum atomic E-state index is -0.812. The van der Waals surface area contributed by atoms with Gasteiger partial charge < -0.3 is 15.2 Å². The van der Waals surface area contributed by atoms with E-state index in [0.29, 0.717) is 25.4 Å². The number of carbonyl (C=O) groups excluding carboxylic acids is 1. The highest BCUT2D eigenvalue weighted by atomic mass is 16.5. The molecular formula is C15H27NO3. The van der Waals surface area contributed by atoms with Crippen LogP contribution in [0.3, 0.4) is 0 Å². The number of carbonyl (C=O) groups is 1. The summed E-state index contributed by atoms with van der Waals surface area (Å²) in [5.41, 5.74) is 5.32. The van der Waals surface area contributed by atoms with Gasteiger partial charge in [0, 0.05) is 13.0 Å². The normalized spacial score (nSPS) is 32.4. The van der Waals surface area contributed by atoms with E-state index in [-0.39, 0.29) is 12.1 Å². The van der Waals surface area contributed by atoms with Crippen molar-refractivity contribution in [3.05, 3.63) is 0 Å². The van der Waals surface area contributed by atoms with E-state index in [4.69, 9.17) is 15.2 Å². The summed E-state index contributed by atoms with van der Waals surface area (Å²) in [7, 11) is 0. The van der Waals surface area contributed by atoms with Gasteiger partial charge in [-0.15, -0.1) is 0 Å². The lowest BCUT2D eigenvalue weighted by Gasteiger charge is -2.24. The first-order chi connectivity index (χ1) is 9.14. The quantitative estimate of drug-likeness (QED) is 0.778. The molecular weight excluding hydrogens is 242 g/mol. The molecule has 2 N–H and O–H groups in total. The lowest BCUT2D eigenvalue weighted by molar-refractivity contribution is -0.149. The van der Waals surface area contributed by atoms with E-state index in [0.717, 1.165) is 13.0 Å². The van der Waals surface area contributed by atoms with Crippen molar-refractivity contribution in [2.24, 2.45) is 11.7 Å². The third kappa shape index (κ3) is 3.93. The molecule has 2 unspecified atom stereocenters. The van der Waals surface area contributed by atoms with E-state index in [1.54, 1.807) is 0 Å². The Morgan fingerprint density at radius 1 is 1.26 bits per heavy atom. The van der Waals surface area contributed by atoms with Gasteiger partial charge in [-0.1, -0.05) is 19.3 Å². The molecule has 2 saturated carbocycles. The van der Waals surface area contributed by atoms with E-state index in [1.807, 2.05) is 6.92 Å². The fourth-order valence-corrected chi connectivity index (χ4v) is 3.26. The molecule has 19 heavy (non-hydrogen) atoms. The molecule has 0 spiro atoms. The molecule has 4 heteroatoms. The second kappa shape index (κ2) is 6.71. The van der Waals surface area contributed by atoms with Gasteiger partial charge in [-0.2, -0.15) is 0 Å². The van der Waals surface area contributed by atoms with Gasteiger partial charge in [0.1, 0.15) is 5.54 Å². The van der Waals surface area contributed by atoms with Gasteiger partial charge in [0.05, 0.1) is 12.7 Å². The third-order valence-corrected chi connectivity index (χ3v) is 4.48. The van der Waals surface area contributed by atoms with Crippen molar-refractivity contribution in [3.8, 4) is 0 Å². The first-order valence-electron chi connectivity index (χ1n) is 7.72. The predicted octanol–water partition coefficient (Wildman–Crippen LogP) is 2.40. The van der Waals surface area contributed by atoms with E-state index < -0.39 is 5.54 Å². The average Bonchev–Trinajstić information content (AvgIpc) is 2.81. The summed E-state index contributed by atoms with van der Waals surface area (Å²) in [6.07, 6.45) is 8.93. The summed E-state index contributed by atoms with van der Waals surface area (Å²) in [6, 6.07) is 0. The summed E-state index contributed by atoms with van der Waals surface area (Å²) in [4.78, 5) is 11.8. The maximum absolute atomic E-state index is 11.8. The Hall–Kier alpha value is -0.610. The molecule has 2 aliphatic carbocycles. The van der Waals surface area contributed by atoms with Crippen LogP contribution in [0.2, 0.25) is 0 Å². The largest absolute Gasteiger partial charge is 0.465 e. The smallest absolute Gasteiger partial charge is 0.326 e. The van der Waals surface area contributed by atoms with Crippen molar-refractivity contribution < 1.29 is 14.3 Å². The summed E-state index contributed by atoms with van der Waals surface area (Å²) in [5.74, 6) is 0.447. The van der Waals surface area contributed by atoms with Gasteiger partial charge in [-0.25, -0.2) is 0 Å². The van der Waals surface area contributed by atoms with Crippen LogP contribution in [0.25, 0.3) is 0 Å². The monoisotopic (exact) mass is 269 g/mol. The molecule has 0 aromatic rings. The van der Waals surface area contributed by atoms with Crippen molar-refractivity contribution in [2.75, 3.05) is 13.2 Å². The molecule has 0 aliphatic heterocycles. The van der Waals surface area contributed by atoms with Crippen molar-refractivity contribution in [3.63, 3.8) is 0 Å². The average molecular weight is 269 g/mol. The van der Waals surface area contributed by atoms with Crippen LogP contribution < -0.4 is 5.73 Å². The van der Waals surface area contributed by atoms with Crippen LogP contribution in [0.15, 0.2) is 0 Å². The second-order valence-electron chi connectivity index (χ2n) is 6.08. The first kappa shape index (κ1) is 14.8. The zero-order valence-electron chi connectivity index (χ0n) is 12.0. The van der Waals surface area contributed by atoms with Crippen LogP contribution in [-0.2, 0) is 14.3 Å². The molecule has 2 aliphatic rings. The predicted molar refractivity (Wildman–Crippen MR) is 73.7 cm³/mol. The Morgan fingerprint density at radius 2 is 2.00 bits per heavy atom. The van der Waals surface area contributed by atoms with E-state index in [1.165, 1.54) is 32.1 Å². The second-order valence-corrected chi connectivity index (χ2v) is 6.08. The molecule has 2 fully saturated rings. The fraction of sp³-hybridized carbons (Fsp3) is 0.933. The van der Waals surface area contributed by atoms with Gasteiger partial charge >= 0.3 is 5.97 Å². The standard InChI is InChI=1S/C15H27NO3/c1-2-18-14(17)15(16)9-8-13(10-15)19-11-12-6-4-3-5-7-12/h12-13H,2-11,16H2,1H3. The Kier molecular flexibility index (Phi) is 5.22. The number of hydrogen-bond donors (Lipinski definition) is 1. The van der Waals surface area contributed by atoms with Crippen molar-refractivity contribution in [1.82, 2.24) is 0 Å². The van der Waals surface area contributed by atoms with Gasteiger partial charge in [0.15, 0.2) is 0 Å². The molecule has 0 saturated heterocycles. The van der Waals surface area contributed by atoms with Crippen LogP contribution in [-0.4, -0.2) is 30.8 Å². The summed E-state index contributed by atoms with van der Waals surface area (Å²) >= 11 is 0. The van der Waals surface area contributed by atoms with Crippen molar-refractivity contribution in [1.29, 1.82) is 0 Å². The summed E-state index contributed by atoms with van der Waals surface area (Å²) < 4.78 is 11.0. The van der Waals surface area contributed by atoms with Gasteiger partial charge in [0.2, 0.25) is 0 Å². The lowest BCUT2D eigenvalue weighted by Crippen LogP contribution is -2.47. The Labute approximate surface area is 116 Å². The van der Waals surface area contributed by atoms with Crippen LogP contribution >= 0.6 is 0 Å². The maximum Gasteiger partial charge on any atom is 0.326 e. The highest BCUT2D eigenvalue weighted by Gasteiger charge is 2.43. The molecule has 2 atom stereocenters. The SMILES string of the molecule is CCOC(=O)C1(N)CCC(OCC2CCCCC2)C1. The zero-order valence-corrected chi connectivity index (χ0v) is 12.0. The van der Waals surface area contributed by atoms with Crippen LogP contribution in [0, 0.1) is 5.92 Å². The van der Waals surface area contributed by atoms with Crippen molar-refractivity contribution >= 4 is 5.97 Å². The molecule has 0 aromatic carbocycles. The van der Waals surface area contributed by atoms with Crippen molar-refractivity contribution in [2.45, 2.75) is 69.9 Å². The zero-order chi connectivity index (χ0) is 13.7. The van der Waals surface area contributed by atoms with Gasteiger partial charge in [-0.05, 0) is 38.5 Å². The van der Waals surface area contributed by atoms with Crippen LogP contribution in [0.5, 0.6) is 0 Å². The number of nitrogens with two attached hydrogens (primary N) is 1. The Balaban J connectivity index is 1.73. The van der Waals surface area contributed by atoms with Crippen LogP contribution in [0.1, 0.15) is 58.3 Å². The topological polar surface area (TPSA) is 61.5 Å². The molecule has 0 heterocycles. The Morgan fingerprint density at radius 3 is 2.68 bits per heavy atom. The molecule has 2 rings (SSSR count). The molecule has 0 bridgehead atoms. The highest BCUT2D eigenvalue weighted by molar-refractivity contribution is 5.81. The molecule has 4 nitrogen and oxygen atoms in total. The number of ether oxygens (including phenoxy) is 2.